The Labute approximate surface area is 168 Å². The molecule has 1 atom stereocenters. The minimum atomic E-state index is -0.364. The van der Waals surface area contributed by atoms with Crippen LogP contribution in [-0.4, -0.2) is 40.1 Å². The van der Waals surface area contributed by atoms with Crippen LogP contribution < -0.4 is 14.8 Å². The van der Waals surface area contributed by atoms with Crippen LogP contribution in [0.15, 0.2) is 53.7 Å². The second-order valence-corrected chi connectivity index (χ2v) is 7.35. The molecule has 28 heavy (non-hydrogen) atoms. The number of rotatable bonds is 7. The smallest absolute Gasteiger partial charge is 0.237 e. The van der Waals surface area contributed by atoms with Crippen LogP contribution in [-0.2, 0) is 11.8 Å². The molecule has 1 heterocycles. The maximum Gasteiger partial charge on any atom is 0.237 e. The fraction of sp³-hybridized carbons (Fsp3) is 0.250. The molecule has 1 aromatic heterocycles. The largest absolute Gasteiger partial charge is 0.497 e. The van der Waals surface area contributed by atoms with Crippen molar-refractivity contribution >= 4 is 23.4 Å². The zero-order valence-electron chi connectivity index (χ0n) is 16.2. The Hall–Kier alpha value is -3.00. The van der Waals surface area contributed by atoms with Crippen LogP contribution in [0, 0.1) is 0 Å². The number of nitrogens with one attached hydrogen (secondary N) is 1. The fourth-order valence-electron chi connectivity index (χ4n) is 2.60. The first-order chi connectivity index (χ1) is 13.5. The van der Waals surface area contributed by atoms with E-state index in [2.05, 4.69) is 15.5 Å². The predicted octanol–water partition coefficient (Wildman–Crippen LogP) is 3.62. The number of carbonyl (C=O) groups excluding carboxylic acids is 1. The molecule has 0 spiro atoms. The maximum absolute atomic E-state index is 12.6. The van der Waals surface area contributed by atoms with E-state index in [1.165, 1.54) is 11.8 Å². The summed E-state index contributed by atoms with van der Waals surface area (Å²) >= 11 is 1.35. The van der Waals surface area contributed by atoms with E-state index >= 15 is 0 Å². The Morgan fingerprint density at radius 3 is 2.46 bits per heavy atom. The van der Waals surface area contributed by atoms with Crippen molar-refractivity contribution in [1.82, 2.24) is 14.8 Å². The SMILES string of the molecule is COc1ccc(-c2nnc(S[C@H](C)C(=O)Nc3ccccc3OC)n2C)cc1. The molecule has 0 fully saturated rings. The Bertz CT molecular complexity index is 956. The lowest BCUT2D eigenvalue weighted by atomic mass is 10.2. The van der Waals surface area contributed by atoms with Crippen molar-refractivity contribution in [2.45, 2.75) is 17.3 Å². The normalized spacial score (nSPS) is 11.7. The van der Waals surface area contributed by atoms with Gasteiger partial charge in [0.1, 0.15) is 11.5 Å². The average molecular weight is 398 g/mol. The van der Waals surface area contributed by atoms with Gasteiger partial charge in [0.2, 0.25) is 5.91 Å². The summed E-state index contributed by atoms with van der Waals surface area (Å²) in [7, 11) is 5.08. The number of amides is 1. The quantitative estimate of drug-likeness (QED) is 0.613. The molecule has 0 unspecified atom stereocenters. The first kappa shape index (κ1) is 19.8. The number of hydrogen-bond acceptors (Lipinski definition) is 6. The molecule has 1 amide bonds. The third-order valence-electron chi connectivity index (χ3n) is 4.20. The number of benzene rings is 2. The Balaban J connectivity index is 1.71. The summed E-state index contributed by atoms with van der Waals surface area (Å²) in [5, 5.41) is 11.7. The molecule has 0 saturated carbocycles. The molecule has 2 aromatic carbocycles. The number of ether oxygens (including phenoxy) is 2. The lowest BCUT2D eigenvalue weighted by molar-refractivity contribution is -0.115. The van der Waals surface area contributed by atoms with Gasteiger partial charge < -0.3 is 19.4 Å². The highest BCUT2D eigenvalue weighted by molar-refractivity contribution is 8.00. The number of thioether (sulfide) groups is 1. The molecule has 0 aliphatic heterocycles. The van der Waals surface area contributed by atoms with Crippen molar-refractivity contribution in [3.63, 3.8) is 0 Å². The van der Waals surface area contributed by atoms with Gasteiger partial charge >= 0.3 is 0 Å². The molecule has 146 valence electrons. The summed E-state index contributed by atoms with van der Waals surface area (Å²) < 4.78 is 12.3. The number of methoxy groups -OCH3 is 2. The van der Waals surface area contributed by atoms with Crippen LogP contribution in [0.2, 0.25) is 0 Å². The lowest BCUT2D eigenvalue weighted by Gasteiger charge is -2.13. The molecule has 0 aliphatic rings. The van der Waals surface area contributed by atoms with Crippen molar-refractivity contribution in [1.29, 1.82) is 0 Å². The lowest BCUT2D eigenvalue weighted by Crippen LogP contribution is -2.23. The van der Waals surface area contributed by atoms with Gasteiger partial charge in [-0.2, -0.15) is 0 Å². The van der Waals surface area contributed by atoms with Crippen molar-refractivity contribution in [2.75, 3.05) is 19.5 Å². The van der Waals surface area contributed by atoms with Gasteiger partial charge in [-0.3, -0.25) is 4.79 Å². The molecular formula is C20H22N4O3S. The average Bonchev–Trinajstić information content (AvgIpc) is 3.08. The summed E-state index contributed by atoms with van der Waals surface area (Å²) in [4.78, 5) is 12.6. The molecule has 0 saturated heterocycles. The molecular weight excluding hydrogens is 376 g/mol. The van der Waals surface area contributed by atoms with E-state index in [0.29, 0.717) is 16.6 Å². The number of aromatic nitrogens is 3. The van der Waals surface area contributed by atoms with E-state index in [1.54, 1.807) is 26.4 Å². The Morgan fingerprint density at radius 2 is 1.79 bits per heavy atom. The van der Waals surface area contributed by atoms with E-state index < -0.39 is 0 Å². The summed E-state index contributed by atoms with van der Waals surface area (Å²) in [5.41, 5.74) is 1.56. The maximum atomic E-state index is 12.6. The zero-order chi connectivity index (χ0) is 20.1. The highest BCUT2D eigenvalue weighted by atomic mass is 32.2. The van der Waals surface area contributed by atoms with Crippen molar-refractivity contribution < 1.29 is 14.3 Å². The van der Waals surface area contributed by atoms with Gasteiger partial charge in [0, 0.05) is 12.6 Å². The molecule has 7 nitrogen and oxygen atoms in total. The number of para-hydroxylation sites is 2. The monoisotopic (exact) mass is 398 g/mol. The molecule has 8 heteroatoms. The first-order valence-electron chi connectivity index (χ1n) is 8.68. The van der Waals surface area contributed by atoms with Crippen LogP contribution in [0.5, 0.6) is 11.5 Å². The van der Waals surface area contributed by atoms with Crippen molar-refractivity contribution in [2.24, 2.45) is 7.05 Å². The van der Waals surface area contributed by atoms with E-state index in [-0.39, 0.29) is 11.2 Å². The second kappa shape index (κ2) is 8.79. The van der Waals surface area contributed by atoms with E-state index in [9.17, 15) is 4.79 Å². The number of anilines is 1. The fourth-order valence-corrected chi connectivity index (χ4v) is 3.42. The van der Waals surface area contributed by atoms with Gasteiger partial charge in [-0.15, -0.1) is 10.2 Å². The summed E-state index contributed by atoms with van der Waals surface area (Å²) in [5.74, 6) is 1.99. The number of nitrogens with zero attached hydrogens (tertiary/aromatic N) is 3. The molecule has 0 radical (unpaired) electrons. The summed E-state index contributed by atoms with van der Waals surface area (Å²) in [6.45, 7) is 1.83. The topological polar surface area (TPSA) is 78.3 Å². The Kier molecular flexibility index (Phi) is 6.20. The third kappa shape index (κ3) is 4.28. The molecule has 1 N–H and O–H groups in total. The van der Waals surface area contributed by atoms with Gasteiger partial charge in [0.15, 0.2) is 11.0 Å². The highest BCUT2D eigenvalue weighted by Crippen LogP contribution is 2.28. The second-order valence-electron chi connectivity index (χ2n) is 6.04. The minimum Gasteiger partial charge on any atom is -0.497 e. The molecule has 3 rings (SSSR count). The van der Waals surface area contributed by atoms with Gasteiger partial charge in [-0.1, -0.05) is 23.9 Å². The van der Waals surface area contributed by atoms with Crippen LogP contribution >= 0.6 is 11.8 Å². The van der Waals surface area contributed by atoms with Gasteiger partial charge in [0.25, 0.3) is 0 Å². The third-order valence-corrected chi connectivity index (χ3v) is 5.33. The van der Waals surface area contributed by atoms with Gasteiger partial charge in [-0.25, -0.2) is 0 Å². The zero-order valence-corrected chi connectivity index (χ0v) is 17.0. The van der Waals surface area contributed by atoms with Crippen LogP contribution in [0.1, 0.15) is 6.92 Å². The minimum absolute atomic E-state index is 0.136. The highest BCUT2D eigenvalue weighted by Gasteiger charge is 2.20. The summed E-state index contributed by atoms with van der Waals surface area (Å²) in [6.07, 6.45) is 0. The Morgan fingerprint density at radius 1 is 1.07 bits per heavy atom. The van der Waals surface area contributed by atoms with Gasteiger partial charge in [-0.05, 0) is 43.3 Å². The van der Waals surface area contributed by atoms with Crippen LogP contribution in [0.25, 0.3) is 11.4 Å². The number of carbonyl (C=O) groups is 1. The molecule has 3 aromatic rings. The van der Waals surface area contributed by atoms with Crippen LogP contribution in [0.4, 0.5) is 5.69 Å². The summed E-state index contributed by atoms with van der Waals surface area (Å²) in [6, 6.07) is 14.9. The molecule has 0 bridgehead atoms. The predicted molar refractivity (Wildman–Crippen MR) is 110 cm³/mol. The van der Waals surface area contributed by atoms with Crippen molar-refractivity contribution in [3.8, 4) is 22.9 Å². The standard InChI is InChI=1S/C20H22N4O3S/c1-13(19(25)21-16-7-5-6-8-17(16)27-4)28-20-23-22-18(24(20)2)14-9-11-15(26-3)12-10-14/h5-13H,1-4H3,(H,21,25)/t13-/m1/s1. The van der Waals surface area contributed by atoms with Crippen molar-refractivity contribution in [3.05, 3.63) is 48.5 Å². The van der Waals surface area contributed by atoms with Gasteiger partial charge in [0.05, 0.1) is 25.2 Å². The molecule has 0 aliphatic carbocycles. The first-order valence-corrected chi connectivity index (χ1v) is 9.55. The van der Waals surface area contributed by atoms with E-state index in [4.69, 9.17) is 9.47 Å². The van der Waals surface area contributed by atoms with E-state index in [0.717, 1.165) is 17.1 Å². The van der Waals surface area contributed by atoms with E-state index in [1.807, 2.05) is 54.9 Å². The van der Waals surface area contributed by atoms with Crippen LogP contribution in [0.3, 0.4) is 0 Å². The number of hydrogen-bond donors (Lipinski definition) is 1.